The van der Waals surface area contributed by atoms with Crippen LogP contribution in [0.1, 0.15) is 0 Å². The third kappa shape index (κ3) is 5.68. The van der Waals surface area contributed by atoms with E-state index in [-0.39, 0.29) is 17.4 Å². The van der Waals surface area contributed by atoms with Gasteiger partial charge >= 0.3 is 0 Å². The molecule has 1 aliphatic rings. The van der Waals surface area contributed by atoms with Crippen LogP contribution in [-0.2, 0) is 4.79 Å². The van der Waals surface area contributed by atoms with Crippen LogP contribution >= 0.6 is 0 Å². The van der Waals surface area contributed by atoms with E-state index in [0.29, 0.717) is 22.6 Å². The predicted molar refractivity (Wildman–Crippen MR) is 147 cm³/mol. The third-order valence-electron chi connectivity index (χ3n) is 6.25. The van der Waals surface area contributed by atoms with Gasteiger partial charge < -0.3 is 25.8 Å². The first-order valence-electron chi connectivity index (χ1n) is 12.1. The lowest BCUT2D eigenvalue weighted by Crippen LogP contribution is -2.44. The van der Waals surface area contributed by atoms with Gasteiger partial charge in [-0.05, 0) is 67.7 Å². The molecule has 9 heteroatoms. The van der Waals surface area contributed by atoms with E-state index >= 15 is 0 Å². The number of likely N-dealkylation sites (N-methyl/N-ethyl adjacent to an activating group) is 1. The number of fused-ring (bicyclic) bond motifs is 1. The molecule has 1 amide bonds. The molecule has 4 aromatic rings. The number of aromatic nitrogens is 2. The molecule has 0 aliphatic carbocycles. The number of hydrogen-bond donors (Lipinski definition) is 3. The van der Waals surface area contributed by atoms with Crippen molar-refractivity contribution in [3.63, 3.8) is 0 Å². The van der Waals surface area contributed by atoms with Crippen molar-refractivity contribution in [3.05, 3.63) is 85.2 Å². The number of nitrogens with one attached hydrogen (secondary N) is 3. The largest absolute Gasteiger partial charge is 0.369 e. The van der Waals surface area contributed by atoms with Crippen molar-refractivity contribution >= 4 is 51.3 Å². The van der Waals surface area contributed by atoms with Crippen LogP contribution in [0.25, 0.3) is 10.9 Å². The number of hydrogen-bond acceptors (Lipinski definition) is 7. The van der Waals surface area contributed by atoms with Gasteiger partial charge in [0.05, 0.1) is 0 Å². The predicted octanol–water partition coefficient (Wildman–Crippen LogP) is 5.13. The average Bonchev–Trinajstić information content (AvgIpc) is 2.90. The summed E-state index contributed by atoms with van der Waals surface area (Å²) in [6, 6.07) is 20.0. The number of carbonyl (C=O) groups excluding carboxylic acids is 1. The molecule has 0 bridgehead atoms. The molecule has 2 heterocycles. The molecule has 8 nitrogen and oxygen atoms in total. The van der Waals surface area contributed by atoms with Crippen molar-refractivity contribution in [2.45, 2.75) is 0 Å². The molecule has 188 valence electrons. The number of para-hydroxylation sites is 1. The standard InChI is InChI=1S/C28H28FN7O/c1-3-25(37)30-20-6-4-7-21(18-20)31-27-23-8-5-9-24(29)26(23)33-28(34-27)32-19-10-12-22(13-11-19)36-16-14-35(2)15-17-36/h3-13,18H,1,14-17H2,2H3,(H,30,37)(H2,31,32,33,34). The number of anilines is 6. The third-order valence-corrected chi connectivity index (χ3v) is 6.25. The quantitative estimate of drug-likeness (QED) is 0.305. The summed E-state index contributed by atoms with van der Waals surface area (Å²) in [5.74, 6) is -0.0444. The maximum absolute atomic E-state index is 14.7. The van der Waals surface area contributed by atoms with Gasteiger partial charge in [-0.25, -0.2) is 9.37 Å². The molecule has 5 rings (SSSR count). The first-order valence-corrected chi connectivity index (χ1v) is 12.1. The number of benzene rings is 3. The Balaban J connectivity index is 1.41. The molecule has 0 unspecified atom stereocenters. The Hall–Kier alpha value is -4.50. The zero-order valence-corrected chi connectivity index (χ0v) is 20.5. The van der Waals surface area contributed by atoms with Crippen LogP contribution in [-0.4, -0.2) is 54.0 Å². The molecule has 1 fully saturated rings. The molecule has 3 N–H and O–H groups in total. The number of piperazine rings is 1. The van der Waals surface area contributed by atoms with E-state index in [1.54, 1.807) is 30.3 Å². The van der Waals surface area contributed by atoms with Crippen LogP contribution < -0.4 is 20.9 Å². The van der Waals surface area contributed by atoms with Crippen LogP contribution in [0.15, 0.2) is 79.4 Å². The van der Waals surface area contributed by atoms with Crippen molar-refractivity contribution in [2.75, 3.05) is 54.1 Å². The molecule has 0 saturated carbocycles. The number of carbonyl (C=O) groups is 1. The summed E-state index contributed by atoms with van der Waals surface area (Å²) in [4.78, 5) is 25.4. The molecule has 0 atom stereocenters. The Kier molecular flexibility index (Phi) is 6.96. The van der Waals surface area contributed by atoms with Crippen LogP contribution in [0.2, 0.25) is 0 Å². The van der Waals surface area contributed by atoms with Gasteiger partial charge in [0.2, 0.25) is 11.9 Å². The Bertz CT molecular complexity index is 1430. The molecule has 0 radical (unpaired) electrons. The van der Waals surface area contributed by atoms with Gasteiger partial charge in [0.15, 0.2) is 0 Å². The van der Waals surface area contributed by atoms with Gasteiger partial charge in [-0.1, -0.05) is 18.7 Å². The zero-order chi connectivity index (χ0) is 25.8. The summed E-state index contributed by atoms with van der Waals surface area (Å²) in [6.45, 7) is 7.53. The second-order valence-corrected chi connectivity index (χ2v) is 8.89. The van der Waals surface area contributed by atoms with E-state index in [9.17, 15) is 9.18 Å². The Morgan fingerprint density at radius 2 is 1.65 bits per heavy atom. The highest BCUT2D eigenvalue weighted by Crippen LogP contribution is 2.29. The summed E-state index contributed by atoms with van der Waals surface area (Å²) in [5, 5.41) is 9.72. The van der Waals surface area contributed by atoms with E-state index in [1.165, 1.54) is 12.1 Å². The van der Waals surface area contributed by atoms with Gasteiger partial charge in [0.1, 0.15) is 17.2 Å². The average molecular weight is 498 g/mol. The van der Waals surface area contributed by atoms with Crippen LogP contribution in [0.4, 0.5) is 38.9 Å². The van der Waals surface area contributed by atoms with Crippen molar-refractivity contribution in [3.8, 4) is 0 Å². The van der Waals surface area contributed by atoms with Gasteiger partial charge in [0, 0.05) is 54.3 Å². The van der Waals surface area contributed by atoms with Crippen LogP contribution in [0.5, 0.6) is 0 Å². The fraction of sp³-hybridized carbons (Fsp3) is 0.179. The molecular formula is C28H28FN7O. The summed E-state index contributed by atoms with van der Waals surface area (Å²) in [5.41, 5.74) is 3.43. The van der Waals surface area contributed by atoms with Crippen molar-refractivity contribution in [1.82, 2.24) is 14.9 Å². The van der Waals surface area contributed by atoms with Crippen molar-refractivity contribution < 1.29 is 9.18 Å². The van der Waals surface area contributed by atoms with E-state index in [4.69, 9.17) is 0 Å². The Morgan fingerprint density at radius 1 is 0.919 bits per heavy atom. The molecule has 3 aromatic carbocycles. The highest BCUT2D eigenvalue weighted by atomic mass is 19.1. The molecule has 37 heavy (non-hydrogen) atoms. The summed E-state index contributed by atoms with van der Waals surface area (Å²) < 4.78 is 14.7. The molecule has 1 aliphatic heterocycles. The number of nitrogens with zero attached hydrogens (tertiary/aromatic N) is 4. The monoisotopic (exact) mass is 497 g/mol. The smallest absolute Gasteiger partial charge is 0.247 e. The number of rotatable bonds is 7. The lowest BCUT2D eigenvalue weighted by atomic mass is 10.2. The van der Waals surface area contributed by atoms with Crippen LogP contribution in [0.3, 0.4) is 0 Å². The summed E-state index contributed by atoms with van der Waals surface area (Å²) in [7, 11) is 2.14. The fourth-order valence-electron chi connectivity index (χ4n) is 4.22. The minimum absolute atomic E-state index is 0.202. The molecular weight excluding hydrogens is 469 g/mol. The first-order chi connectivity index (χ1) is 18.0. The van der Waals surface area contributed by atoms with E-state index in [1.807, 2.05) is 18.2 Å². The maximum atomic E-state index is 14.7. The normalized spacial score (nSPS) is 13.8. The molecule has 0 spiro atoms. The van der Waals surface area contributed by atoms with Gasteiger partial charge in [-0.15, -0.1) is 0 Å². The highest BCUT2D eigenvalue weighted by Gasteiger charge is 2.15. The molecule has 1 saturated heterocycles. The molecule has 1 aromatic heterocycles. The minimum Gasteiger partial charge on any atom is -0.369 e. The van der Waals surface area contributed by atoms with Crippen LogP contribution in [0, 0.1) is 5.82 Å². The Morgan fingerprint density at radius 3 is 2.41 bits per heavy atom. The van der Waals surface area contributed by atoms with Gasteiger partial charge in [0.25, 0.3) is 0 Å². The lowest BCUT2D eigenvalue weighted by molar-refractivity contribution is -0.111. The summed E-state index contributed by atoms with van der Waals surface area (Å²) >= 11 is 0. The SMILES string of the molecule is C=CC(=O)Nc1cccc(Nc2nc(Nc3ccc(N4CCN(C)CC4)cc3)nc3c(F)cccc23)c1. The fourth-order valence-corrected chi connectivity index (χ4v) is 4.22. The van der Waals surface area contributed by atoms with Gasteiger partial charge in [-0.3, -0.25) is 4.79 Å². The Labute approximate surface area is 214 Å². The lowest BCUT2D eigenvalue weighted by Gasteiger charge is -2.34. The topological polar surface area (TPSA) is 85.4 Å². The highest BCUT2D eigenvalue weighted by molar-refractivity contribution is 5.99. The first kappa shape index (κ1) is 24.2. The number of amides is 1. The second-order valence-electron chi connectivity index (χ2n) is 8.89. The van der Waals surface area contributed by atoms with Gasteiger partial charge in [-0.2, -0.15) is 4.98 Å². The van der Waals surface area contributed by atoms with Crippen molar-refractivity contribution in [2.24, 2.45) is 0 Å². The minimum atomic E-state index is -0.441. The number of halogens is 1. The van der Waals surface area contributed by atoms with E-state index in [2.05, 4.69) is 61.5 Å². The second kappa shape index (κ2) is 10.6. The summed E-state index contributed by atoms with van der Waals surface area (Å²) in [6.07, 6.45) is 1.20. The van der Waals surface area contributed by atoms with E-state index < -0.39 is 5.82 Å². The van der Waals surface area contributed by atoms with E-state index in [0.717, 1.165) is 37.6 Å². The maximum Gasteiger partial charge on any atom is 0.247 e. The van der Waals surface area contributed by atoms with Crippen molar-refractivity contribution in [1.29, 1.82) is 0 Å². The zero-order valence-electron chi connectivity index (χ0n) is 20.5.